The number of aryl methyl sites for hydroxylation is 3. The van der Waals surface area contributed by atoms with E-state index in [1.165, 1.54) is 4.90 Å². The van der Waals surface area contributed by atoms with E-state index in [1.807, 2.05) is 32.9 Å². The van der Waals surface area contributed by atoms with Crippen LogP contribution >= 0.6 is 11.6 Å². The van der Waals surface area contributed by atoms with E-state index in [-0.39, 0.29) is 24.1 Å². The zero-order valence-corrected chi connectivity index (χ0v) is 16.5. The first-order valence-electron chi connectivity index (χ1n) is 8.58. The summed E-state index contributed by atoms with van der Waals surface area (Å²) in [5.41, 5.74) is 4.11. The lowest BCUT2D eigenvalue weighted by Gasteiger charge is -2.16. The maximum absolute atomic E-state index is 12.8. The molecule has 3 rings (SSSR count). The van der Waals surface area contributed by atoms with Crippen molar-refractivity contribution < 1.29 is 14.0 Å². The van der Waals surface area contributed by atoms with Crippen LogP contribution in [0.2, 0.25) is 5.02 Å². The Kier molecular flexibility index (Phi) is 5.24. The van der Waals surface area contributed by atoms with E-state index in [4.69, 9.17) is 16.0 Å². The van der Waals surface area contributed by atoms with Gasteiger partial charge in [0.2, 0.25) is 5.91 Å². The first kappa shape index (κ1) is 19.0. The van der Waals surface area contributed by atoms with Crippen molar-refractivity contribution in [2.75, 3.05) is 18.9 Å². The second-order valence-corrected chi connectivity index (χ2v) is 7.12. The van der Waals surface area contributed by atoms with Crippen LogP contribution in [0.4, 0.5) is 5.69 Å². The lowest BCUT2D eigenvalue weighted by molar-refractivity contribution is -0.116. The minimum Gasteiger partial charge on any atom is -0.450 e. The minimum atomic E-state index is -0.330. The molecular weight excluding hydrogens is 364 g/mol. The number of anilines is 1. The summed E-state index contributed by atoms with van der Waals surface area (Å²) in [7, 11) is 1.58. The molecule has 0 aliphatic rings. The predicted octanol–water partition coefficient (Wildman–Crippen LogP) is 4.72. The minimum absolute atomic E-state index is 0.0974. The molecule has 0 aliphatic heterocycles. The molecule has 5 nitrogen and oxygen atoms in total. The Morgan fingerprint density at radius 3 is 2.48 bits per heavy atom. The Labute approximate surface area is 162 Å². The second kappa shape index (κ2) is 7.45. The predicted molar refractivity (Wildman–Crippen MR) is 107 cm³/mol. The number of rotatable bonds is 4. The first-order valence-corrected chi connectivity index (χ1v) is 8.96. The van der Waals surface area contributed by atoms with Crippen molar-refractivity contribution in [3.63, 3.8) is 0 Å². The molecule has 2 aromatic carbocycles. The molecular formula is C21H21ClN2O3. The number of hydrogen-bond donors (Lipinski definition) is 1. The van der Waals surface area contributed by atoms with Gasteiger partial charge in [-0.15, -0.1) is 0 Å². The molecule has 0 fully saturated rings. The molecule has 0 aliphatic carbocycles. The number of hydrogen-bond acceptors (Lipinski definition) is 3. The summed E-state index contributed by atoms with van der Waals surface area (Å²) in [4.78, 5) is 26.4. The fourth-order valence-electron chi connectivity index (χ4n) is 3.11. The van der Waals surface area contributed by atoms with Gasteiger partial charge in [0.1, 0.15) is 5.58 Å². The average Bonchev–Trinajstić information content (AvgIpc) is 2.96. The third-order valence-electron chi connectivity index (χ3n) is 4.51. The molecule has 0 saturated carbocycles. The van der Waals surface area contributed by atoms with Gasteiger partial charge < -0.3 is 14.6 Å². The summed E-state index contributed by atoms with van der Waals surface area (Å²) in [6, 6.07) is 10.8. The Morgan fingerprint density at radius 2 is 1.81 bits per heavy atom. The molecule has 140 valence electrons. The standard InChI is InChI=1S/C21H21ClN2O3/c1-12-8-9-13(2)19-18(12)14(3)20(27-19)21(26)24(4)11-17(25)23-16-7-5-6-15(22)10-16/h5-10H,11H2,1-4H3,(H,23,25). The van der Waals surface area contributed by atoms with E-state index in [2.05, 4.69) is 5.32 Å². The highest BCUT2D eigenvalue weighted by Gasteiger charge is 2.24. The zero-order valence-electron chi connectivity index (χ0n) is 15.7. The highest BCUT2D eigenvalue weighted by molar-refractivity contribution is 6.30. The lowest BCUT2D eigenvalue weighted by Crippen LogP contribution is -2.35. The summed E-state index contributed by atoms with van der Waals surface area (Å²) in [6.45, 7) is 5.70. The monoisotopic (exact) mass is 384 g/mol. The number of halogens is 1. The van der Waals surface area contributed by atoms with Gasteiger partial charge in [0.25, 0.3) is 5.91 Å². The van der Waals surface area contributed by atoms with E-state index >= 15 is 0 Å². The van der Waals surface area contributed by atoms with E-state index in [0.717, 1.165) is 22.1 Å². The summed E-state index contributed by atoms with van der Waals surface area (Å²) < 4.78 is 5.87. The maximum Gasteiger partial charge on any atom is 0.290 e. The summed E-state index contributed by atoms with van der Waals surface area (Å²) in [5.74, 6) is -0.376. The third kappa shape index (κ3) is 3.83. The number of fused-ring (bicyclic) bond motifs is 1. The zero-order chi connectivity index (χ0) is 19.7. The number of nitrogens with one attached hydrogen (secondary N) is 1. The summed E-state index contributed by atoms with van der Waals surface area (Å²) in [5, 5.41) is 4.21. The highest BCUT2D eigenvalue weighted by atomic mass is 35.5. The number of amides is 2. The maximum atomic E-state index is 12.8. The first-order chi connectivity index (χ1) is 12.8. The van der Waals surface area contributed by atoms with Crippen molar-refractivity contribution in [2.24, 2.45) is 0 Å². The van der Waals surface area contributed by atoms with Crippen molar-refractivity contribution in [3.8, 4) is 0 Å². The molecule has 1 heterocycles. The van der Waals surface area contributed by atoms with Crippen LogP contribution < -0.4 is 5.32 Å². The summed E-state index contributed by atoms with van der Waals surface area (Å²) >= 11 is 5.92. The molecule has 0 spiro atoms. The smallest absolute Gasteiger partial charge is 0.290 e. The van der Waals surface area contributed by atoms with Gasteiger partial charge in [-0.3, -0.25) is 9.59 Å². The van der Waals surface area contributed by atoms with Gasteiger partial charge in [-0.2, -0.15) is 0 Å². The van der Waals surface area contributed by atoms with E-state index < -0.39 is 0 Å². The molecule has 0 unspecified atom stereocenters. The summed E-state index contributed by atoms with van der Waals surface area (Å²) in [6.07, 6.45) is 0. The van der Waals surface area contributed by atoms with E-state index in [0.29, 0.717) is 16.3 Å². The quantitative estimate of drug-likeness (QED) is 0.707. The number of carbonyl (C=O) groups is 2. The molecule has 0 atom stereocenters. The van der Waals surface area contributed by atoms with Crippen LogP contribution in [-0.4, -0.2) is 30.3 Å². The van der Waals surface area contributed by atoms with E-state index in [1.54, 1.807) is 31.3 Å². The van der Waals surface area contributed by atoms with E-state index in [9.17, 15) is 9.59 Å². The van der Waals surface area contributed by atoms with Crippen LogP contribution in [0.3, 0.4) is 0 Å². The van der Waals surface area contributed by atoms with Crippen molar-refractivity contribution in [3.05, 3.63) is 63.9 Å². The van der Waals surface area contributed by atoms with Crippen LogP contribution in [0.25, 0.3) is 11.0 Å². The largest absolute Gasteiger partial charge is 0.450 e. The average molecular weight is 385 g/mol. The van der Waals surface area contributed by atoms with Crippen LogP contribution in [0.15, 0.2) is 40.8 Å². The highest BCUT2D eigenvalue weighted by Crippen LogP contribution is 2.31. The number of furan rings is 1. The van der Waals surface area contributed by atoms with Gasteiger partial charge in [-0.1, -0.05) is 29.8 Å². The fourth-order valence-corrected chi connectivity index (χ4v) is 3.30. The molecule has 0 saturated heterocycles. The second-order valence-electron chi connectivity index (χ2n) is 6.68. The Hall–Kier alpha value is -2.79. The molecule has 27 heavy (non-hydrogen) atoms. The molecule has 6 heteroatoms. The van der Waals surface area contributed by atoms with Crippen LogP contribution in [0.5, 0.6) is 0 Å². The van der Waals surface area contributed by atoms with Crippen molar-refractivity contribution in [2.45, 2.75) is 20.8 Å². The van der Waals surface area contributed by atoms with Gasteiger partial charge in [0, 0.05) is 28.7 Å². The molecule has 3 aromatic rings. The third-order valence-corrected chi connectivity index (χ3v) is 4.75. The lowest BCUT2D eigenvalue weighted by atomic mass is 10.0. The van der Waals surface area contributed by atoms with Gasteiger partial charge in [-0.25, -0.2) is 0 Å². The van der Waals surface area contributed by atoms with Crippen LogP contribution in [0, 0.1) is 20.8 Å². The van der Waals surface area contributed by atoms with Gasteiger partial charge >= 0.3 is 0 Å². The number of likely N-dealkylation sites (N-methyl/N-ethyl adjacent to an activating group) is 1. The molecule has 1 N–H and O–H groups in total. The van der Waals surface area contributed by atoms with Crippen molar-refractivity contribution in [1.29, 1.82) is 0 Å². The Bertz CT molecular complexity index is 1040. The Morgan fingerprint density at radius 1 is 1.11 bits per heavy atom. The van der Waals surface area contributed by atoms with Crippen LogP contribution in [0.1, 0.15) is 27.2 Å². The van der Waals surface area contributed by atoms with Gasteiger partial charge in [0.15, 0.2) is 5.76 Å². The van der Waals surface area contributed by atoms with Crippen molar-refractivity contribution in [1.82, 2.24) is 4.90 Å². The molecule has 1 aromatic heterocycles. The molecule has 0 bridgehead atoms. The van der Waals surface area contributed by atoms with Gasteiger partial charge in [-0.05, 0) is 50.1 Å². The van der Waals surface area contributed by atoms with Crippen molar-refractivity contribution >= 4 is 40.1 Å². The van der Waals surface area contributed by atoms with Gasteiger partial charge in [0.05, 0.1) is 6.54 Å². The molecule has 0 radical (unpaired) electrons. The number of benzene rings is 2. The molecule has 2 amide bonds. The topological polar surface area (TPSA) is 62.6 Å². The SMILES string of the molecule is Cc1ccc(C)c2c(C)c(C(=O)N(C)CC(=O)Nc3cccc(Cl)c3)oc12. The Balaban J connectivity index is 1.78. The number of carbonyl (C=O) groups excluding carboxylic acids is 2. The fraction of sp³-hybridized carbons (Fsp3) is 0.238. The normalized spacial score (nSPS) is 10.9. The van der Waals surface area contributed by atoms with Crippen LogP contribution in [-0.2, 0) is 4.79 Å². The number of nitrogens with zero attached hydrogens (tertiary/aromatic N) is 1.